The van der Waals surface area contributed by atoms with Gasteiger partial charge in [-0.1, -0.05) is 253 Å². The zero-order chi connectivity index (χ0) is 30.8. The summed E-state index contributed by atoms with van der Waals surface area (Å²) in [7, 11) is 0. The smallest absolute Gasteiger partial charge is 0.0443 e. The van der Waals surface area contributed by atoms with Gasteiger partial charge in [0.05, 0.1) is 0 Å². The Labute approximate surface area is 270 Å². The molecular formula is C42H86. The summed E-state index contributed by atoms with van der Waals surface area (Å²) in [5.74, 6) is 2.84. The van der Waals surface area contributed by atoms with Crippen LogP contribution in [0, 0.1) is 17.8 Å². The summed E-state index contributed by atoms with van der Waals surface area (Å²) >= 11 is 0. The molecule has 0 aromatic rings. The molecule has 0 heterocycles. The first-order valence-corrected chi connectivity index (χ1v) is 20.6. The van der Waals surface area contributed by atoms with Crippen LogP contribution in [0.5, 0.6) is 0 Å². The molecule has 0 aromatic carbocycles. The molecule has 0 fully saturated rings. The van der Waals surface area contributed by atoms with E-state index in [-0.39, 0.29) is 0 Å². The normalized spacial score (nSPS) is 13.9. The van der Waals surface area contributed by atoms with E-state index in [0.717, 1.165) is 17.8 Å². The third-order valence-corrected chi connectivity index (χ3v) is 10.4. The Balaban J connectivity index is 3.23. The molecule has 0 spiro atoms. The Morgan fingerprint density at radius 1 is 0.214 bits per heavy atom. The van der Waals surface area contributed by atoms with E-state index in [2.05, 4.69) is 34.6 Å². The molecule has 0 nitrogen and oxygen atoms in total. The van der Waals surface area contributed by atoms with Gasteiger partial charge in [-0.05, 0) is 17.8 Å². The van der Waals surface area contributed by atoms with Crippen molar-refractivity contribution in [2.24, 2.45) is 17.8 Å². The van der Waals surface area contributed by atoms with Crippen molar-refractivity contribution >= 4 is 0 Å². The molecule has 3 unspecified atom stereocenters. The highest BCUT2D eigenvalue weighted by Crippen LogP contribution is 2.23. The van der Waals surface area contributed by atoms with Crippen LogP contribution in [0.15, 0.2) is 0 Å². The van der Waals surface area contributed by atoms with Crippen LogP contribution in [0.1, 0.15) is 253 Å². The van der Waals surface area contributed by atoms with Gasteiger partial charge in [0, 0.05) is 0 Å². The van der Waals surface area contributed by atoms with Crippen LogP contribution in [0.3, 0.4) is 0 Å². The third-order valence-electron chi connectivity index (χ3n) is 10.4. The molecule has 0 radical (unpaired) electrons. The van der Waals surface area contributed by atoms with Gasteiger partial charge in [0.15, 0.2) is 0 Å². The standard InChI is InChI=1S/C42H86/c1-6-8-10-11-12-13-14-15-16-17-18-19-20-21-22-23-24-25-26-27-28-29-30-31-35-41(4)37-33-39-42(5)38-32-36-40(3)34-9-7-2/h40-42H,6-39H2,1-5H3. The molecule has 0 heteroatoms. The zero-order valence-electron chi connectivity index (χ0n) is 30.8. The predicted octanol–water partition coefficient (Wildman–Crippen LogP) is 16.2. The molecule has 0 aromatic heterocycles. The lowest BCUT2D eigenvalue weighted by molar-refractivity contribution is 0.375. The summed E-state index contributed by atoms with van der Waals surface area (Å²) in [5, 5.41) is 0. The molecule has 254 valence electrons. The van der Waals surface area contributed by atoms with Crippen molar-refractivity contribution in [1.29, 1.82) is 0 Å². The van der Waals surface area contributed by atoms with E-state index >= 15 is 0 Å². The Kier molecular flexibility index (Phi) is 35.5. The molecular weight excluding hydrogens is 504 g/mol. The monoisotopic (exact) mass is 591 g/mol. The number of hydrogen-bond donors (Lipinski definition) is 0. The van der Waals surface area contributed by atoms with Gasteiger partial charge in [-0.15, -0.1) is 0 Å². The summed E-state index contributed by atoms with van der Waals surface area (Å²) in [6.45, 7) is 12.1. The van der Waals surface area contributed by atoms with Crippen LogP contribution in [0.25, 0.3) is 0 Å². The van der Waals surface area contributed by atoms with E-state index in [4.69, 9.17) is 0 Å². The average Bonchev–Trinajstić information content (AvgIpc) is 2.98. The maximum absolute atomic E-state index is 2.51. The Hall–Kier alpha value is 0. The first-order chi connectivity index (χ1) is 20.6. The minimum Gasteiger partial charge on any atom is -0.0654 e. The topological polar surface area (TPSA) is 0 Å². The Bertz CT molecular complexity index is 467. The molecule has 0 aliphatic carbocycles. The van der Waals surface area contributed by atoms with Gasteiger partial charge in [-0.3, -0.25) is 0 Å². The highest BCUT2D eigenvalue weighted by atomic mass is 14.1. The second-order valence-electron chi connectivity index (χ2n) is 15.2. The van der Waals surface area contributed by atoms with Crippen LogP contribution >= 0.6 is 0 Å². The maximum Gasteiger partial charge on any atom is -0.0443 e. The van der Waals surface area contributed by atoms with Crippen LogP contribution in [-0.4, -0.2) is 0 Å². The van der Waals surface area contributed by atoms with Crippen molar-refractivity contribution in [2.45, 2.75) is 253 Å². The van der Waals surface area contributed by atoms with Crippen molar-refractivity contribution in [3.8, 4) is 0 Å². The van der Waals surface area contributed by atoms with Gasteiger partial charge in [-0.25, -0.2) is 0 Å². The summed E-state index contributed by atoms with van der Waals surface area (Å²) in [6, 6.07) is 0. The molecule has 0 aliphatic heterocycles. The lowest BCUT2D eigenvalue weighted by Crippen LogP contribution is -2.01. The summed E-state index contributed by atoms with van der Waals surface area (Å²) in [6.07, 6.45) is 50.0. The van der Waals surface area contributed by atoms with E-state index in [0.29, 0.717) is 0 Å². The Morgan fingerprint density at radius 3 is 0.667 bits per heavy atom. The fraction of sp³-hybridized carbons (Fsp3) is 1.00. The van der Waals surface area contributed by atoms with Gasteiger partial charge in [0.1, 0.15) is 0 Å². The summed E-state index contributed by atoms with van der Waals surface area (Å²) < 4.78 is 0. The molecule has 0 N–H and O–H groups in total. The number of rotatable bonds is 36. The molecule has 0 rings (SSSR count). The highest BCUT2D eigenvalue weighted by molar-refractivity contribution is 4.61. The lowest BCUT2D eigenvalue weighted by atomic mass is 9.90. The van der Waals surface area contributed by atoms with Crippen molar-refractivity contribution in [1.82, 2.24) is 0 Å². The van der Waals surface area contributed by atoms with Crippen molar-refractivity contribution < 1.29 is 0 Å². The SMILES string of the molecule is CCCCCCCCCCCCCCCCCCCCCCCCCCC(C)CCCC(C)CCCC(C)CCCC. The second-order valence-corrected chi connectivity index (χ2v) is 15.2. The minimum absolute atomic E-state index is 0.944. The van der Waals surface area contributed by atoms with Gasteiger partial charge in [-0.2, -0.15) is 0 Å². The number of unbranched alkanes of at least 4 members (excludes halogenated alkanes) is 24. The lowest BCUT2D eigenvalue weighted by Gasteiger charge is -2.16. The van der Waals surface area contributed by atoms with Gasteiger partial charge >= 0.3 is 0 Å². The highest BCUT2D eigenvalue weighted by Gasteiger charge is 2.08. The van der Waals surface area contributed by atoms with E-state index in [9.17, 15) is 0 Å². The van der Waals surface area contributed by atoms with Gasteiger partial charge in [0.2, 0.25) is 0 Å². The molecule has 42 heavy (non-hydrogen) atoms. The van der Waals surface area contributed by atoms with Crippen molar-refractivity contribution in [2.75, 3.05) is 0 Å². The van der Waals surface area contributed by atoms with Crippen LogP contribution in [0.4, 0.5) is 0 Å². The molecule has 0 bridgehead atoms. The fourth-order valence-electron chi connectivity index (χ4n) is 7.07. The zero-order valence-corrected chi connectivity index (χ0v) is 30.8. The first-order valence-electron chi connectivity index (χ1n) is 20.6. The second kappa shape index (κ2) is 35.5. The maximum atomic E-state index is 2.51. The van der Waals surface area contributed by atoms with Crippen LogP contribution in [-0.2, 0) is 0 Å². The summed E-state index contributed by atoms with van der Waals surface area (Å²) in [5.41, 5.74) is 0. The third kappa shape index (κ3) is 34.5. The molecule has 0 aliphatic rings. The fourth-order valence-corrected chi connectivity index (χ4v) is 7.07. The van der Waals surface area contributed by atoms with E-state index in [1.165, 1.54) is 218 Å². The van der Waals surface area contributed by atoms with E-state index < -0.39 is 0 Å². The first kappa shape index (κ1) is 42.0. The van der Waals surface area contributed by atoms with Crippen molar-refractivity contribution in [3.05, 3.63) is 0 Å². The molecule has 0 amide bonds. The van der Waals surface area contributed by atoms with E-state index in [1.54, 1.807) is 0 Å². The van der Waals surface area contributed by atoms with Crippen LogP contribution in [0.2, 0.25) is 0 Å². The quantitative estimate of drug-likeness (QED) is 0.0637. The minimum atomic E-state index is 0.944. The Morgan fingerprint density at radius 2 is 0.405 bits per heavy atom. The largest absolute Gasteiger partial charge is 0.0654 e. The van der Waals surface area contributed by atoms with Crippen LogP contribution < -0.4 is 0 Å². The molecule has 0 saturated heterocycles. The van der Waals surface area contributed by atoms with E-state index in [1.807, 2.05) is 0 Å². The molecule has 3 atom stereocenters. The van der Waals surface area contributed by atoms with Gasteiger partial charge in [0.25, 0.3) is 0 Å². The predicted molar refractivity (Wildman–Crippen MR) is 196 cm³/mol. The van der Waals surface area contributed by atoms with Crippen molar-refractivity contribution in [3.63, 3.8) is 0 Å². The number of hydrogen-bond acceptors (Lipinski definition) is 0. The molecule has 0 saturated carbocycles. The van der Waals surface area contributed by atoms with Gasteiger partial charge < -0.3 is 0 Å². The summed E-state index contributed by atoms with van der Waals surface area (Å²) in [4.78, 5) is 0. The average molecular weight is 591 g/mol.